The molecule has 0 saturated carbocycles. The van der Waals surface area contributed by atoms with E-state index in [2.05, 4.69) is 94.2 Å². The Hall–Kier alpha value is -4.89. The standard InChI is InChI=1S/C33H22N2O/c36-33(23-9-3-1-4-10-23)24-15-17-26(18-16-24)35-31-14-8-7-13-27(31)28-19-20-30-29(32(28)35)21-22-34(30)25-11-5-2-6-12-25/h1-22H. The maximum Gasteiger partial charge on any atom is 0.193 e. The van der Waals surface area contributed by atoms with Crippen LogP contribution in [0.3, 0.4) is 0 Å². The van der Waals surface area contributed by atoms with Gasteiger partial charge in [-0.2, -0.15) is 0 Å². The highest BCUT2D eigenvalue weighted by molar-refractivity contribution is 6.18. The van der Waals surface area contributed by atoms with Crippen LogP contribution in [0.2, 0.25) is 0 Å². The minimum atomic E-state index is 0.0340. The number of ketones is 1. The number of fused-ring (bicyclic) bond motifs is 5. The van der Waals surface area contributed by atoms with E-state index in [1.54, 1.807) is 0 Å². The van der Waals surface area contributed by atoms with Crippen molar-refractivity contribution in [3.63, 3.8) is 0 Å². The van der Waals surface area contributed by atoms with Gasteiger partial charge in [0.1, 0.15) is 0 Å². The molecule has 170 valence electrons. The second kappa shape index (κ2) is 8.10. The Morgan fingerprint density at radius 3 is 1.92 bits per heavy atom. The second-order valence-electron chi connectivity index (χ2n) is 9.01. The van der Waals surface area contributed by atoms with Gasteiger partial charge in [-0.15, -0.1) is 0 Å². The molecule has 5 aromatic carbocycles. The Kier molecular flexibility index (Phi) is 4.61. The van der Waals surface area contributed by atoms with Crippen LogP contribution < -0.4 is 0 Å². The Morgan fingerprint density at radius 1 is 0.472 bits per heavy atom. The second-order valence-corrected chi connectivity index (χ2v) is 9.01. The molecule has 3 nitrogen and oxygen atoms in total. The first-order chi connectivity index (χ1) is 17.8. The van der Waals surface area contributed by atoms with E-state index in [9.17, 15) is 4.79 Å². The molecule has 0 N–H and O–H groups in total. The first kappa shape index (κ1) is 20.5. The molecule has 0 atom stereocenters. The van der Waals surface area contributed by atoms with Crippen molar-refractivity contribution in [1.29, 1.82) is 0 Å². The van der Waals surface area contributed by atoms with Crippen molar-refractivity contribution >= 4 is 38.5 Å². The van der Waals surface area contributed by atoms with E-state index in [4.69, 9.17) is 0 Å². The lowest BCUT2D eigenvalue weighted by Gasteiger charge is -2.10. The van der Waals surface area contributed by atoms with Crippen molar-refractivity contribution in [1.82, 2.24) is 9.13 Å². The van der Waals surface area contributed by atoms with Crippen molar-refractivity contribution in [2.24, 2.45) is 0 Å². The van der Waals surface area contributed by atoms with E-state index >= 15 is 0 Å². The molecular formula is C33H22N2O. The van der Waals surface area contributed by atoms with Gasteiger partial charge in [-0.25, -0.2) is 0 Å². The first-order valence-electron chi connectivity index (χ1n) is 12.1. The third-order valence-electron chi connectivity index (χ3n) is 6.96. The fourth-order valence-electron chi connectivity index (χ4n) is 5.28. The SMILES string of the molecule is O=C(c1ccccc1)c1ccc(-n2c3ccccc3c3ccc4c(ccn4-c4ccccc4)c32)cc1. The summed E-state index contributed by atoms with van der Waals surface area (Å²) in [5.41, 5.74) is 7.04. The van der Waals surface area contributed by atoms with Gasteiger partial charge in [0.25, 0.3) is 0 Å². The van der Waals surface area contributed by atoms with Crippen LogP contribution in [-0.2, 0) is 0 Å². The van der Waals surface area contributed by atoms with Gasteiger partial charge in [0.05, 0.1) is 16.6 Å². The molecule has 0 aliphatic carbocycles. The number of hydrogen-bond acceptors (Lipinski definition) is 1. The lowest BCUT2D eigenvalue weighted by molar-refractivity contribution is 0.103. The number of benzene rings is 5. The maximum atomic E-state index is 13.0. The minimum Gasteiger partial charge on any atom is -0.316 e. The van der Waals surface area contributed by atoms with Crippen LogP contribution in [0.1, 0.15) is 15.9 Å². The molecule has 0 bridgehead atoms. The fraction of sp³-hybridized carbons (Fsp3) is 0. The lowest BCUT2D eigenvalue weighted by atomic mass is 10.0. The van der Waals surface area contributed by atoms with Crippen LogP contribution in [0.5, 0.6) is 0 Å². The molecule has 7 aromatic rings. The fourth-order valence-corrected chi connectivity index (χ4v) is 5.28. The molecule has 36 heavy (non-hydrogen) atoms. The predicted molar refractivity (Wildman–Crippen MR) is 147 cm³/mol. The van der Waals surface area contributed by atoms with Crippen LogP contribution >= 0.6 is 0 Å². The summed E-state index contributed by atoms with van der Waals surface area (Å²) in [5, 5.41) is 3.62. The molecule has 0 fully saturated rings. The summed E-state index contributed by atoms with van der Waals surface area (Å²) in [4.78, 5) is 13.0. The van der Waals surface area contributed by atoms with Crippen LogP contribution in [0, 0.1) is 0 Å². The van der Waals surface area contributed by atoms with Crippen molar-refractivity contribution in [3.8, 4) is 11.4 Å². The number of aromatic nitrogens is 2. The summed E-state index contributed by atoms with van der Waals surface area (Å²) < 4.78 is 4.55. The summed E-state index contributed by atoms with van der Waals surface area (Å²) in [6, 6.07) is 43.0. The molecule has 0 aliphatic rings. The van der Waals surface area contributed by atoms with Crippen LogP contribution in [0.25, 0.3) is 44.1 Å². The smallest absolute Gasteiger partial charge is 0.193 e. The average Bonchev–Trinajstić information content (AvgIpc) is 3.53. The van der Waals surface area contributed by atoms with Crippen molar-refractivity contribution in [3.05, 3.63) is 145 Å². The molecule has 0 unspecified atom stereocenters. The third kappa shape index (κ3) is 3.10. The van der Waals surface area contributed by atoms with Crippen LogP contribution in [-0.4, -0.2) is 14.9 Å². The number of carbonyl (C=O) groups excluding carboxylic acids is 1. The highest BCUT2D eigenvalue weighted by Gasteiger charge is 2.17. The summed E-state index contributed by atoms with van der Waals surface area (Å²) in [6.45, 7) is 0. The molecule has 3 heteroatoms. The third-order valence-corrected chi connectivity index (χ3v) is 6.96. The van der Waals surface area contributed by atoms with Crippen molar-refractivity contribution in [2.75, 3.05) is 0 Å². The summed E-state index contributed by atoms with van der Waals surface area (Å²) in [6.07, 6.45) is 2.14. The van der Waals surface area contributed by atoms with Gasteiger partial charge in [-0.05, 0) is 54.6 Å². The maximum absolute atomic E-state index is 13.0. The topological polar surface area (TPSA) is 26.9 Å². The molecule has 0 spiro atoms. The summed E-state index contributed by atoms with van der Waals surface area (Å²) >= 11 is 0. The lowest BCUT2D eigenvalue weighted by Crippen LogP contribution is -2.02. The highest BCUT2D eigenvalue weighted by Crippen LogP contribution is 2.37. The number of rotatable bonds is 4. The number of hydrogen-bond donors (Lipinski definition) is 0. The Balaban J connectivity index is 1.45. The predicted octanol–water partition coefficient (Wildman–Crippen LogP) is 7.96. The van der Waals surface area contributed by atoms with Gasteiger partial charge in [-0.3, -0.25) is 4.79 Å². The van der Waals surface area contributed by atoms with Gasteiger partial charge >= 0.3 is 0 Å². The zero-order chi connectivity index (χ0) is 24.1. The van der Waals surface area contributed by atoms with Gasteiger partial charge in [0.2, 0.25) is 0 Å². The average molecular weight is 463 g/mol. The van der Waals surface area contributed by atoms with E-state index < -0.39 is 0 Å². The molecule has 7 rings (SSSR count). The molecule has 2 aromatic heterocycles. The number of para-hydroxylation sites is 2. The Labute approximate surface area is 208 Å². The molecule has 0 aliphatic heterocycles. The van der Waals surface area contributed by atoms with E-state index in [1.807, 2.05) is 48.5 Å². The highest BCUT2D eigenvalue weighted by atomic mass is 16.1. The Bertz CT molecular complexity index is 1880. The monoisotopic (exact) mass is 462 g/mol. The first-order valence-corrected chi connectivity index (χ1v) is 12.1. The largest absolute Gasteiger partial charge is 0.316 e. The van der Waals surface area contributed by atoms with E-state index in [-0.39, 0.29) is 5.78 Å². The van der Waals surface area contributed by atoms with Crippen molar-refractivity contribution in [2.45, 2.75) is 0 Å². The normalized spacial score (nSPS) is 11.4. The van der Waals surface area contributed by atoms with Gasteiger partial charge in [0.15, 0.2) is 5.78 Å². The number of nitrogens with zero attached hydrogens (tertiary/aromatic N) is 2. The van der Waals surface area contributed by atoms with Crippen molar-refractivity contribution < 1.29 is 4.79 Å². The summed E-state index contributed by atoms with van der Waals surface area (Å²) in [7, 11) is 0. The molecule has 0 radical (unpaired) electrons. The van der Waals surface area contributed by atoms with E-state index in [0.717, 1.165) is 22.4 Å². The summed E-state index contributed by atoms with van der Waals surface area (Å²) in [5.74, 6) is 0.0340. The molecule has 2 heterocycles. The molecule has 0 amide bonds. The quantitative estimate of drug-likeness (QED) is 0.244. The number of carbonyl (C=O) groups is 1. The van der Waals surface area contributed by atoms with Gasteiger partial charge in [-0.1, -0.05) is 72.8 Å². The molecular weight excluding hydrogens is 440 g/mol. The van der Waals surface area contributed by atoms with Crippen LogP contribution in [0.15, 0.2) is 134 Å². The Morgan fingerprint density at radius 2 is 1.14 bits per heavy atom. The van der Waals surface area contributed by atoms with E-state index in [0.29, 0.717) is 11.1 Å². The zero-order valence-corrected chi connectivity index (χ0v) is 19.5. The minimum absolute atomic E-state index is 0.0340. The van der Waals surface area contributed by atoms with E-state index in [1.165, 1.54) is 21.7 Å². The van der Waals surface area contributed by atoms with Crippen LogP contribution in [0.4, 0.5) is 0 Å². The van der Waals surface area contributed by atoms with Gasteiger partial charge < -0.3 is 9.13 Å². The zero-order valence-electron chi connectivity index (χ0n) is 19.5. The molecule has 0 saturated heterocycles. The van der Waals surface area contributed by atoms with Gasteiger partial charge in [0, 0.05) is 44.9 Å².